The summed E-state index contributed by atoms with van der Waals surface area (Å²) in [5, 5.41) is 0. The summed E-state index contributed by atoms with van der Waals surface area (Å²) >= 11 is 5.44. The molecule has 1 fully saturated rings. The van der Waals surface area contributed by atoms with Crippen molar-refractivity contribution in [3.8, 4) is 0 Å². The van der Waals surface area contributed by atoms with E-state index in [2.05, 4.69) is 49.1 Å². The highest BCUT2D eigenvalue weighted by molar-refractivity contribution is 7.80. The second kappa shape index (κ2) is 4.96. The molecule has 1 heterocycles. The summed E-state index contributed by atoms with van der Waals surface area (Å²) in [6.45, 7) is 4.46. The van der Waals surface area contributed by atoms with E-state index in [1.807, 2.05) is 0 Å². The minimum atomic E-state index is 0.531. The van der Waals surface area contributed by atoms with E-state index in [0.717, 1.165) is 17.8 Å². The molecule has 0 radical (unpaired) electrons. The quantitative estimate of drug-likeness (QED) is 0.736. The van der Waals surface area contributed by atoms with Gasteiger partial charge in [0.05, 0.1) is 4.99 Å². The Balaban J connectivity index is 2.07. The maximum absolute atomic E-state index is 5.44. The lowest BCUT2D eigenvalue weighted by molar-refractivity contribution is 0.285. The predicted octanol–water partition coefficient (Wildman–Crippen LogP) is 3.43. The number of rotatable bonds is 3. The van der Waals surface area contributed by atoms with Crippen LogP contribution in [-0.4, -0.2) is 22.0 Å². The van der Waals surface area contributed by atoms with Crippen LogP contribution >= 0.6 is 12.2 Å². The minimum Gasteiger partial charge on any atom is -0.360 e. The van der Waals surface area contributed by atoms with Crippen molar-refractivity contribution < 1.29 is 0 Å². The van der Waals surface area contributed by atoms with Gasteiger partial charge in [0.25, 0.3) is 0 Å². The predicted molar refractivity (Wildman–Crippen MR) is 72.7 cm³/mol. The van der Waals surface area contributed by atoms with E-state index in [4.69, 9.17) is 12.2 Å². The summed E-state index contributed by atoms with van der Waals surface area (Å²) in [5.41, 5.74) is 1.42. The van der Waals surface area contributed by atoms with Crippen LogP contribution in [0.3, 0.4) is 0 Å². The summed E-state index contributed by atoms with van der Waals surface area (Å²) in [7, 11) is 0. The van der Waals surface area contributed by atoms with Crippen LogP contribution in [0.5, 0.6) is 0 Å². The minimum absolute atomic E-state index is 0.531. The normalized spacial score (nSPS) is 20.8. The highest BCUT2D eigenvalue weighted by Crippen LogP contribution is 2.25. The van der Waals surface area contributed by atoms with Crippen LogP contribution in [0.15, 0.2) is 30.3 Å². The molecule has 86 valence electrons. The standard InChI is InChI=1S/C14H19NS/c1-11(2)15-13(8-9-14(15)16)10-12-6-4-3-5-7-12/h3-7,11,13H,8-10H2,1-2H3/t13-/m0/s1. The van der Waals surface area contributed by atoms with Gasteiger partial charge in [0.1, 0.15) is 0 Å². The smallest absolute Gasteiger partial charge is 0.0784 e. The van der Waals surface area contributed by atoms with Crippen molar-refractivity contribution in [2.45, 2.75) is 45.2 Å². The number of benzene rings is 1. The largest absolute Gasteiger partial charge is 0.360 e. The van der Waals surface area contributed by atoms with E-state index >= 15 is 0 Å². The van der Waals surface area contributed by atoms with E-state index in [1.54, 1.807) is 0 Å². The molecule has 0 N–H and O–H groups in total. The molecule has 0 spiro atoms. The third kappa shape index (κ3) is 2.43. The highest BCUT2D eigenvalue weighted by atomic mass is 32.1. The fraction of sp³-hybridized carbons (Fsp3) is 0.500. The zero-order valence-electron chi connectivity index (χ0n) is 10.0. The van der Waals surface area contributed by atoms with Gasteiger partial charge >= 0.3 is 0 Å². The third-order valence-corrected chi connectivity index (χ3v) is 3.66. The maximum Gasteiger partial charge on any atom is 0.0784 e. The number of hydrogen-bond donors (Lipinski definition) is 0. The van der Waals surface area contributed by atoms with E-state index < -0.39 is 0 Å². The summed E-state index contributed by atoms with van der Waals surface area (Å²) in [6, 6.07) is 11.9. The Morgan fingerprint density at radius 3 is 2.62 bits per heavy atom. The molecular weight excluding hydrogens is 214 g/mol. The van der Waals surface area contributed by atoms with Crippen LogP contribution in [0.25, 0.3) is 0 Å². The van der Waals surface area contributed by atoms with Gasteiger partial charge in [0.15, 0.2) is 0 Å². The molecule has 0 aromatic heterocycles. The van der Waals surface area contributed by atoms with Crippen LogP contribution in [0.2, 0.25) is 0 Å². The Bertz CT molecular complexity index is 358. The first-order chi connectivity index (χ1) is 7.68. The van der Waals surface area contributed by atoms with Crippen molar-refractivity contribution >= 4 is 17.2 Å². The molecular formula is C14H19NS. The monoisotopic (exact) mass is 233 g/mol. The van der Waals surface area contributed by atoms with Crippen molar-refractivity contribution in [1.29, 1.82) is 0 Å². The van der Waals surface area contributed by atoms with Gasteiger partial charge in [-0.15, -0.1) is 0 Å². The molecule has 2 rings (SSSR count). The first-order valence-electron chi connectivity index (χ1n) is 6.03. The summed E-state index contributed by atoms with van der Waals surface area (Å²) in [5.74, 6) is 0. The Morgan fingerprint density at radius 1 is 1.31 bits per heavy atom. The maximum atomic E-state index is 5.44. The van der Waals surface area contributed by atoms with Crippen molar-refractivity contribution in [2.75, 3.05) is 0 Å². The zero-order valence-corrected chi connectivity index (χ0v) is 10.8. The molecule has 1 aliphatic heterocycles. The van der Waals surface area contributed by atoms with Gasteiger partial charge < -0.3 is 4.90 Å². The molecule has 1 aromatic carbocycles. The Labute approximate surface area is 103 Å². The molecule has 1 nitrogen and oxygen atoms in total. The van der Waals surface area contributed by atoms with Gasteiger partial charge in [-0.1, -0.05) is 42.5 Å². The fourth-order valence-electron chi connectivity index (χ4n) is 2.56. The van der Waals surface area contributed by atoms with Crippen LogP contribution in [-0.2, 0) is 6.42 Å². The fourth-order valence-corrected chi connectivity index (χ4v) is 3.04. The van der Waals surface area contributed by atoms with Crippen LogP contribution < -0.4 is 0 Å². The zero-order chi connectivity index (χ0) is 11.5. The van der Waals surface area contributed by atoms with Crippen molar-refractivity contribution in [1.82, 2.24) is 4.90 Å². The van der Waals surface area contributed by atoms with E-state index in [0.29, 0.717) is 12.1 Å². The number of likely N-dealkylation sites (tertiary alicyclic amines) is 1. The number of hydrogen-bond acceptors (Lipinski definition) is 1. The molecule has 1 atom stereocenters. The molecule has 16 heavy (non-hydrogen) atoms. The molecule has 0 amide bonds. The molecule has 1 aromatic rings. The van der Waals surface area contributed by atoms with Crippen molar-refractivity contribution in [3.05, 3.63) is 35.9 Å². The average molecular weight is 233 g/mol. The average Bonchev–Trinajstić information content (AvgIpc) is 2.61. The highest BCUT2D eigenvalue weighted by Gasteiger charge is 2.29. The molecule has 0 aliphatic carbocycles. The second-order valence-corrected chi connectivity index (χ2v) is 5.25. The lowest BCUT2D eigenvalue weighted by Crippen LogP contribution is -2.39. The van der Waals surface area contributed by atoms with Gasteiger partial charge in [0, 0.05) is 12.1 Å². The Kier molecular flexibility index (Phi) is 3.59. The SMILES string of the molecule is CC(C)N1C(=S)CC[C@H]1Cc1ccccc1. The van der Waals surface area contributed by atoms with Crippen LogP contribution in [0.4, 0.5) is 0 Å². The third-order valence-electron chi connectivity index (χ3n) is 3.24. The van der Waals surface area contributed by atoms with Crippen molar-refractivity contribution in [2.24, 2.45) is 0 Å². The second-order valence-electron chi connectivity index (χ2n) is 4.78. The van der Waals surface area contributed by atoms with E-state index in [1.165, 1.54) is 12.0 Å². The van der Waals surface area contributed by atoms with Gasteiger partial charge in [-0.3, -0.25) is 0 Å². The van der Waals surface area contributed by atoms with E-state index in [-0.39, 0.29) is 0 Å². The van der Waals surface area contributed by atoms with Crippen LogP contribution in [0.1, 0.15) is 32.3 Å². The molecule has 0 unspecified atom stereocenters. The number of nitrogens with zero attached hydrogens (tertiary/aromatic N) is 1. The summed E-state index contributed by atoms with van der Waals surface area (Å²) in [4.78, 5) is 3.57. The van der Waals surface area contributed by atoms with Crippen molar-refractivity contribution in [3.63, 3.8) is 0 Å². The summed E-state index contributed by atoms with van der Waals surface area (Å²) < 4.78 is 0. The number of thiocarbonyl (C=S) groups is 1. The lowest BCUT2D eigenvalue weighted by Gasteiger charge is -2.30. The van der Waals surface area contributed by atoms with Gasteiger partial charge in [0.2, 0.25) is 0 Å². The summed E-state index contributed by atoms with van der Waals surface area (Å²) in [6.07, 6.45) is 3.43. The van der Waals surface area contributed by atoms with Gasteiger partial charge in [-0.05, 0) is 38.7 Å². The first kappa shape index (κ1) is 11.6. The topological polar surface area (TPSA) is 3.24 Å². The van der Waals surface area contributed by atoms with Gasteiger partial charge in [-0.25, -0.2) is 0 Å². The lowest BCUT2D eigenvalue weighted by atomic mass is 10.0. The molecule has 0 saturated carbocycles. The first-order valence-corrected chi connectivity index (χ1v) is 6.44. The van der Waals surface area contributed by atoms with Gasteiger partial charge in [-0.2, -0.15) is 0 Å². The molecule has 2 heteroatoms. The Morgan fingerprint density at radius 2 is 2.00 bits per heavy atom. The Hall–Kier alpha value is -0.890. The van der Waals surface area contributed by atoms with Crippen LogP contribution in [0, 0.1) is 0 Å². The molecule has 1 aliphatic rings. The molecule has 0 bridgehead atoms. The molecule has 1 saturated heterocycles. The van der Waals surface area contributed by atoms with E-state index in [9.17, 15) is 0 Å².